The second kappa shape index (κ2) is 8.84. The van der Waals surface area contributed by atoms with Crippen LogP contribution in [0.25, 0.3) is 10.9 Å². The number of nitrogens with one attached hydrogen (secondary N) is 1. The van der Waals surface area contributed by atoms with Crippen molar-refractivity contribution in [1.29, 1.82) is 0 Å². The van der Waals surface area contributed by atoms with Gasteiger partial charge in [0.2, 0.25) is 0 Å². The number of rotatable bonds is 7. The molecule has 2 heterocycles. The summed E-state index contributed by atoms with van der Waals surface area (Å²) in [6.07, 6.45) is 1.74. The van der Waals surface area contributed by atoms with E-state index >= 15 is 0 Å². The van der Waals surface area contributed by atoms with Crippen molar-refractivity contribution in [3.8, 4) is 0 Å². The molecule has 0 unspecified atom stereocenters. The number of carbonyl (C=O) groups excluding carboxylic acids is 2. The maximum Gasteiger partial charge on any atom is 0.250 e. The molecule has 0 spiro atoms. The van der Waals surface area contributed by atoms with Gasteiger partial charge in [-0.3, -0.25) is 9.59 Å². The molecular weight excluding hydrogens is 422 g/mol. The summed E-state index contributed by atoms with van der Waals surface area (Å²) in [4.78, 5) is 38.2. The number of hydrogen-bond acceptors (Lipinski definition) is 7. The molecule has 0 saturated carbocycles. The maximum atomic E-state index is 12.8. The number of primary amides is 1. The molecule has 32 heavy (non-hydrogen) atoms. The van der Waals surface area contributed by atoms with E-state index in [-0.39, 0.29) is 11.8 Å². The highest BCUT2D eigenvalue weighted by Crippen LogP contribution is 2.27. The van der Waals surface area contributed by atoms with Crippen molar-refractivity contribution >= 4 is 39.7 Å². The highest BCUT2D eigenvalue weighted by molar-refractivity contribution is 7.13. The molecule has 0 saturated heterocycles. The van der Waals surface area contributed by atoms with Gasteiger partial charge >= 0.3 is 0 Å². The Hall–Kier alpha value is -3.65. The summed E-state index contributed by atoms with van der Waals surface area (Å²) in [5, 5.41) is 5.01. The zero-order valence-corrected chi connectivity index (χ0v) is 18.9. The van der Waals surface area contributed by atoms with Gasteiger partial charge in [-0.1, -0.05) is 30.3 Å². The molecule has 1 atom stereocenters. The van der Waals surface area contributed by atoms with E-state index in [2.05, 4.69) is 20.3 Å². The number of para-hydroxylation sites is 1. The highest BCUT2D eigenvalue weighted by atomic mass is 32.1. The highest BCUT2D eigenvalue weighted by Gasteiger charge is 2.16. The predicted octanol–water partition coefficient (Wildman–Crippen LogP) is 4.40. The van der Waals surface area contributed by atoms with Gasteiger partial charge in [0, 0.05) is 17.8 Å². The van der Waals surface area contributed by atoms with Gasteiger partial charge in [0.1, 0.15) is 12.1 Å². The van der Waals surface area contributed by atoms with E-state index in [9.17, 15) is 9.59 Å². The number of benzene rings is 2. The average Bonchev–Trinajstić information content (AvgIpc) is 3.11. The van der Waals surface area contributed by atoms with Crippen molar-refractivity contribution in [3.05, 3.63) is 81.1 Å². The van der Waals surface area contributed by atoms with Crippen molar-refractivity contribution in [2.45, 2.75) is 33.2 Å². The first-order valence-corrected chi connectivity index (χ1v) is 11.0. The number of amides is 1. The van der Waals surface area contributed by atoms with Gasteiger partial charge in [-0.25, -0.2) is 15.0 Å². The quantitative estimate of drug-likeness (QED) is 0.408. The SMILES string of the molecule is Cc1nc(C)c(C(=O)Cc2cccc([C@@H](C)Nc3ncnc4c(C(N)=O)cccc34)c2)s1. The van der Waals surface area contributed by atoms with E-state index in [4.69, 9.17) is 5.73 Å². The van der Waals surface area contributed by atoms with E-state index in [1.165, 1.54) is 17.7 Å². The van der Waals surface area contributed by atoms with Gasteiger partial charge < -0.3 is 11.1 Å². The second-order valence-corrected chi connectivity index (χ2v) is 8.85. The molecule has 0 aliphatic rings. The summed E-state index contributed by atoms with van der Waals surface area (Å²) in [5.74, 6) is 0.159. The van der Waals surface area contributed by atoms with E-state index in [1.54, 1.807) is 12.1 Å². The van der Waals surface area contributed by atoms with Crippen LogP contribution in [0, 0.1) is 13.8 Å². The van der Waals surface area contributed by atoms with Gasteiger partial charge in [-0.15, -0.1) is 11.3 Å². The normalized spacial score (nSPS) is 12.0. The third-order valence-corrected chi connectivity index (χ3v) is 6.37. The Kier molecular flexibility index (Phi) is 5.96. The predicted molar refractivity (Wildman–Crippen MR) is 126 cm³/mol. The summed E-state index contributed by atoms with van der Waals surface area (Å²) in [6, 6.07) is 13.1. The maximum absolute atomic E-state index is 12.8. The van der Waals surface area contributed by atoms with Gasteiger partial charge in [-0.2, -0.15) is 0 Å². The molecular formula is C24H23N5O2S. The monoisotopic (exact) mass is 445 g/mol. The number of carbonyl (C=O) groups is 2. The minimum atomic E-state index is -0.531. The third kappa shape index (κ3) is 4.36. The van der Waals surface area contributed by atoms with Crippen LogP contribution in [0.5, 0.6) is 0 Å². The van der Waals surface area contributed by atoms with E-state index < -0.39 is 5.91 Å². The lowest BCUT2D eigenvalue weighted by molar-refractivity contribution is 0.0990. The summed E-state index contributed by atoms with van der Waals surface area (Å²) in [7, 11) is 0. The number of Topliss-reactive ketones (excluding diaryl/α,β-unsaturated/α-hetero) is 1. The summed E-state index contributed by atoms with van der Waals surface area (Å²) >= 11 is 1.44. The molecule has 8 heteroatoms. The molecule has 0 fully saturated rings. The Morgan fingerprint density at radius 3 is 2.62 bits per heavy atom. The average molecular weight is 446 g/mol. The largest absolute Gasteiger partial charge is 0.366 e. The van der Waals surface area contributed by atoms with Crippen LogP contribution >= 0.6 is 11.3 Å². The molecule has 4 rings (SSSR count). The van der Waals surface area contributed by atoms with E-state index in [0.29, 0.717) is 23.3 Å². The van der Waals surface area contributed by atoms with E-state index in [0.717, 1.165) is 32.1 Å². The molecule has 0 radical (unpaired) electrons. The molecule has 0 aliphatic carbocycles. The Labute approximate surface area is 189 Å². The first kappa shape index (κ1) is 21.6. The fourth-order valence-corrected chi connectivity index (χ4v) is 4.58. The number of fused-ring (bicyclic) bond motifs is 1. The molecule has 162 valence electrons. The fourth-order valence-electron chi connectivity index (χ4n) is 3.72. The molecule has 2 aromatic carbocycles. The zero-order chi connectivity index (χ0) is 22.8. The molecule has 0 bridgehead atoms. The smallest absolute Gasteiger partial charge is 0.250 e. The lowest BCUT2D eigenvalue weighted by Gasteiger charge is -2.17. The number of ketones is 1. The van der Waals surface area contributed by atoms with Crippen LogP contribution in [0.4, 0.5) is 5.82 Å². The van der Waals surface area contributed by atoms with Crippen LogP contribution < -0.4 is 11.1 Å². The summed E-state index contributed by atoms with van der Waals surface area (Å²) in [5.41, 5.74) is 9.10. The van der Waals surface area contributed by atoms with Gasteiger partial charge in [0.15, 0.2) is 5.78 Å². The standard InChI is InChI=1S/C24H23N5O2S/c1-13(29-24-19-9-5-8-18(23(25)31)21(19)26-12-27-24)17-7-4-6-16(10-17)11-20(30)22-14(2)28-15(3)32-22/h4-10,12-13H,11H2,1-3H3,(H2,25,31)(H,26,27,29)/t13-/m1/s1. The number of thiazole rings is 1. The first-order valence-electron chi connectivity index (χ1n) is 10.2. The Balaban J connectivity index is 1.57. The third-order valence-electron chi connectivity index (χ3n) is 5.26. The zero-order valence-electron chi connectivity index (χ0n) is 18.0. The minimum absolute atomic E-state index is 0.0756. The molecule has 3 N–H and O–H groups in total. The van der Waals surface area contributed by atoms with Gasteiger partial charge in [0.05, 0.1) is 26.7 Å². The minimum Gasteiger partial charge on any atom is -0.366 e. The fraction of sp³-hybridized carbons (Fsp3) is 0.208. The summed E-state index contributed by atoms with van der Waals surface area (Å²) in [6.45, 7) is 5.80. The topological polar surface area (TPSA) is 111 Å². The number of aromatic nitrogens is 3. The second-order valence-electron chi connectivity index (χ2n) is 7.65. The lowest BCUT2D eigenvalue weighted by Crippen LogP contribution is -2.13. The van der Waals surface area contributed by atoms with Crippen LogP contribution in [0.15, 0.2) is 48.8 Å². The number of nitrogens with zero attached hydrogens (tertiary/aromatic N) is 3. The number of aryl methyl sites for hydroxylation is 2. The number of anilines is 1. The van der Waals surface area contributed by atoms with Crippen LogP contribution in [0.2, 0.25) is 0 Å². The number of hydrogen-bond donors (Lipinski definition) is 2. The van der Waals surface area contributed by atoms with Crippen molar-refractivity contribution < 1.29 is 9.59 Å². The Morgan fingerprint density at radius 2 is 1.91 bits per heavy atom. The lowest BCUT2D eigenvalue weighted by atomic mass is 10.0. The van der Waals surface area contributed by atoms with Crippen molar-refractivity contribution in [3.63, 3.8) is 0 Å². The first-order chi connectivity index (χ1) is 15.3. The van der Waals surface area contributed by atoms with Crippen LogP contribution in [-0.4, -0.2) is 26.6 Å². The Morgan fingerprint density at radius 1 is 1.12 bits per heavy atom. The Bertz CT molecular complexity index is 1330. The number of nitrogens with two attached hydrogens (primary N) is 1. The molecule has 0 aliphatic heterocycles. The van der Waals surface area contributed by atoms with Crippen LogP contribution in [-0.2, 0) is 6.42 Å². The molecule has 2 aromatic heterocycles. The van der Waals surface area contributed by atoms with Crippen molar-refractivity contribution in [1.82, 2.24) is 15.0 Å². The van der Waals surface area contributed by atoms with Crippen LogP contribution in [0.1, 0.15) is 54.8 Å². The summed E-state index contributed by atoms with van der Waals surface area (Å²) < 4.78 is 0. The van der Waals surface area contributed by atoms with Crippen LogP contribution in [0.3, 0.4) is 0 Å². The van der Waals surface area contributed by atoms with Crippen molar-refractivity contribution in [2.75, 3.05) is 5.32 Å². The molecule has 7 nitrogen and oxygen atoms in total. The van der Waals surface area contributed by atoms with Gasteiger partial charge in [-0.05, 0) is 44.0 Å². The van der Waals surface area contributed by atoms with Crippen molar-refractivity contribution in [2.24, 2.45) is 5.73 Å². The van der Waals surface area contributed by atoms with Gasteiger partial charge in [0.25, 0.3) is 5.91 Å². The van der Waals surface area contributed by atoms with E-state index in [1.807, 2.05) is 51.1 Å². The molecule has 1 amide bonds. The molecule has 4 aromatic rings.